The molecule has 0 bridgehead atoms. The highest BCUT2D eigenvalue weighted by Crippen LogP contribution is 2.11. The van der Waals surface area contributed by atoms with Gasteiger partial charge in [-0.05, 0) is 51.4 Å². The van der Waals surface area contributed by atoms with E-state index >= 15 is 0 Å². The van der Waals surface area contributed by atoms with E-state index in [2.05, 4.69) is 50.3 Å². The van der Waals surface area contributed by atoms with Gasteiger partial charge in [0.15, 0.2) is 12.1 Å². The summed E-state index contributed by atoms with van der Waals surface area (Å²) in [6, 6.07) is -0.620. The highest BCUT2D eigenvalue weighted by atomic mass is 16.6. The summed E-state index contributed by atoms with van der Waals surface area (Å²) in [5, 5.41) is 9.55. The third kappa shape index (κ3) is 27.6. The lowest BCUT2D eigenvalue weighted by Crippen LogP contribution is -2.50. The monoisotopic (exact) mass is 648 g/mol. The van der Waals surface area contributed by atoms with Gasteiger partial charge < -0.3 is 23.8 Å². The van der Waals surface area contributed by atoms with Crippen molar-refractivity contribution in [1.82, 2.24) is 0 Å². The Hall–Kier alpha value is -2.71. The number of carboxylic acids is 1. The van der Waals surface area contributed by atoms with E-state index in [4.69, 9.17) is 14.2 Å². The van der Waals surface area contributed by atoms with E-state index in [0.29, 0.717) is 19.3 Å². The highest BCUT2D eigenvalue weighted by Gasteiger charge is 2.31. The second-order valence-corrected chi connectivity index (χ2v) is 12.8. The summed E-state index contributed by atoms with van der Waals surface area (Å²) in [4.78, 5) is 36.6. The summed E-state index contributed by atoms with van der Waals surface area (Å²) in [7, 11) is 5.49. The van der Waals surface area contributed by atoms with Crippen molar-refractivity contribution in [2.24, 2.45) is 0 Å². The summed E-state index contributed by atoms with van der Waals surface area (Å²) in [6.45, 7) is 4.48. The summed E-state index contributed by atoms with van der Waals surface area (Å²) >= 11 is 0. The maximum Gasteiger partial charge on any atom is 0.362 e. The Morgan fingerprint density at radius 2 is 1.26 bits per heavy atom. The summed E-state index contributed by atoms with van der Waals surface area (Å²) < 4.78 is 17.1. The molecular formula is C38H66NO7+. The maximum absolute atomic E-state index is 12.5. The quantitative estimate of drug-likeness (QED) is 0.0274. The second-order valence-electron chi connectivity index (χ2n) is 12.8. The molecule has 0 aliphatic rings. The largest absolute Gasteiger partial charge is 0.477 e. The summed E-state index contributed by atoms with van der Waals surface area (Å²) in [6.07, 6.45) is 31.7. The molecule has 0 aromatic rings. The number of carboxylic acid groups (broad SMARTS) is 1. The molecule has 46 heavy (non-hydrogen) atoms. The van der Waals surface area contributed by atoms with Gasteiger partial charge in [0.25, 0.3) is 0 Å². The smallest absolute Gasteiger partial charge is 0.362 e. The normalized spacial score (nSPS) is 13.7. The molecule has 0 saturated carbocycles. The van der Waals surface area contributed by atoms with Gasteiger partial charge in [-0.1, -0.05) is 101 Å². The fourth-order valence-electron chi connectivity index (χ4n) is 4.74. The van der Waals surface area contributed by atoms with Crippen molar-refractivity contribution in [3.8, 4) is 0 Å². The first-order valence-electron chi connectivity index (χ1n) is 17.7. The number of ether oxygens (including phenoxy) is 3. The molecule has 0 saturated heterocycles. The molecule has 2 atom stereocenters. The van der Waals surface area contributed by atoms with Gasteiger partial charge in [0.05, 0.1) is 34.4 Å². The van der Waals surface area contributed by atoms with Crippen molar-refractivity contribution in [2.75, 3.05) is 41.0 Å². The Morgan fingerprint density at radius 3 is 1.91 bits per heavy atom. The number of hydrogen-bond donors (Lipinski definition) is 1. The number of nitrogens with zero attached hydrogens (tertiary/aromatic N) is 1. The molecule has 0 spiro atoms. The minimum Gasteiger partial charge on any atom is -0.477 e. The number of likely N-dealkylation sites (N-methyl/N-ethyl adjacent to an activating group) is 1. The lowest BCUT2D eigenvalue weighted by Gasteiger charge is -2.31. The van der Waals surface area contributed by atoms with Crippen molar-refractivity contribution in [2.45, 2.75) is 135 Å². The Bertz CT molecular complexity index is 901. The fourth-order valence-corrected chi connectivity index (χ4v) is 4.74. The van der Waals surface area contributed by atoms with Gasteiger partial charge in [-0.2, -0.15) is 0 Å². The van der Waals surface area contributed by atoms with Crippen LogP contribution in [0.5, 0.6) is 0 Å². The number of quaternary nitrogens is 1. The third-order valence-electron chi connectivity index (χ3n) is 7.52. The molecule has 264 valence electrons. The van der Waals surface area contributed by atoms with Gasteiger partial charge >= 0.3 is 17.9 Å². The van der Waals surface area contributed by atoms with Crippen molar-refractivity contribution < 1.29 is 38.2 Å². The van der Waals surface area contributed by atoms with Gasteiger partial charge in [-0.3, -0.25) is 9.59 Å². The zero-order valence-corrected chi connectivity index (χ0v) is 29.8. The number of carbonyl (C=O) groups is 3. The van der Waals surface area contributed by atoms with Crippen molar-refractivity contribution in [3.63, 3.8) is 0 Å². The molecule has 1 N–H and O–H groups in total. The molecule has 0 rings (SSSR count). The zero-order valence-electron chi connectivity index (χ0n) is 29.8. The Labute approximate surface area is 280 Å². The first kappa shape index (κ1) is 43.3. The molecule has 2 unspecified atom stereocenters. The minimum absolute atomic E-state index is 0.0415. The molecule has 8 nitrogen and oxygen atoms in total. The van der Waals surface area contributed by atoms with E-state index < -0.39 is 18.1 Å². The lowest BCUT2D eigenvalue weighted by molar-refractivity contribution is -0.887. The predicted molar refractivity (Wildman–Crippen MR) is 188 cm³/mol. The molecule has 0 amide bonds. The van der Waals surface area contributed by atoms with E-state index in [0.717, 1.165) is 57.8 Å². The topological polar surface area (TPSA) is 99.1 Å². The number of rotatable bonds is 30. The van der Waals surface area contributed by atoms with Gasteiger partial charge in [0.1, 0.15) is 6.61 Å². The lowest BCUT2D eigenvalue weighted by atomic mass is 10.1. The molecule has 0 aromatic heterocycles. The van der Waals surface area contributed by atoms with Crippen molar-refractivity contribution >= 4 is 17.9 Å². The molecule has 0 radical (unpaired) electrons. The molecule has 0 fully saturated rings. The summed E-state index contributed by atoms with van der Waals surface area (Å²) in [5.74, 6) is -1.55. The Morgan fingerprint density at radius 1 is 0.674 bits per heavy atom. The molecule has 0 aromatic carbocycles. The van der Waals surface area contributed by atoms with Crippen LogP contribution in [0.3, 0.4) is 0 Å². The van der Waals surface area contributed by atoms with Crippen LogP contribution in [0, 0.1) is 0 Å². The van der Waals surface area contributed by atoms with E-state index in [1.807, 2.05) is 33.3 Å². The maximum atomic E-state index is 12.5. The first-order valence-corrected chi connectivity index (χ1v) is 17.7. The van der Waals surface area contributed by atoms with Crippen LogP contribution in [0.2, 0.25) is 0 Å². The Balaban J connectivity index is 4.52. The average molecular weight is 649 g/mol. The van der Waals surface area contributed by atoms with E-state index in [1.165, 1.54) is 25.7 Å². The molecule has 8 heteroatoms. The number of hydrogen-bond acceptors (Lipinski definition) is 6. The molecule has 0 aliphatic heterocycles. The SMILES string of the molecule is CC/C=C/C=C/C=C/CCCCCCCC(=O)OCC(COCCC(C(=O)O)[N+](C)(C)C)OC(=O)CCC/C=C/CCCCCC. The molecule has 0 aliphatic carbocycles. The van der Waals surface area contributed by atoms with Crippen LogP contribution < -0.4 is 0 Å². The fraction of sp³-hybridized carbons (Fsp3) is 0.711. The van der Waals surface area contributed by atoms with E-state index in [-0.39, 0.29) is 42.7 Å². The minimum atomic E-state index is -0.886. The van der Waals surface area contributed by atoms with Gasteiger partial charge in [-0.15, -0.1) is 0 Å². The van der Waals surface area contributed by atoms with Crippen molar-refractivity contribution in [1.29, 1.82) is 0 Å². The number of carbonyl (C=O) groups excluding carboxylic acids is 2. The highest BCUT2D eigenvalue weighted by molar-refractivity contribution is 5.72. The number of esters is 2. The third-order valence-corrected chi connectivity index (χ3v) is 7.52. The number of allylic oxidation sites excluding steroid dienone is 8. The van der Waals surface area contributed by atoms with Crippen LogP contribution in [-0.2, 0) is 28.6 Å². The predicted octanol–water partition coefficient (Wildman–Crippen LogP) is 8.51. The van der Waals surface area contributed by atoms with Crippen LogP contribution >= 0.6 is 0 Å². The van der Waals surface area contributed by atoms with Crippen LogP contribution in [0.15, 0.2) is 48.6 Å². The zero-order chi connectivity index (χ0) is 34.3. The molecular weight excluding hydrogens is 582 g/mol. The summed E-state index contributed by atoms with van der Waals surface area (Å²) in [5.41, 5.74) is 0. The van der Waals surface area contributed by atoms with Crippen molar-refractivity contribution in [3.05, 3.63) is 48.6 Å². The number of unbranched alkanes of at least 4 members (excludes halogenated alkanes) is 10. The van der Waals surface area contributed by atoms with E-state index in [9.17, 15) is 19.5 Å². The standard InChI is InChI=1S/C38H65NO7/c1-6-8-10-12-14-16-17-18-19-21-22-24-26-28-36(40)45-33-34(32-44-31-30-35(38(42)43)39(3,4)5)46-37(41)29-27-25-23-20-15-13-11-9-7-2/h8,10,12,14,16-17,20,23,34-35H,6-7,9,11,13,15,18-19,21-22,24-33H2,1-5H3/p+1/b10-8+,14-12+,17-16+,23-20+. The molecule has 0 heterocycles. The van der Waals surface area contributed by atoms with Gasteiger partial charge in [0.2, 0.25) is 0 Å². The Kier molecular flexibility index (Phi) is 27.9. The average Bonchev–Trinajstić information content (AvgIpc) is 3.00. The number of aliphatic carboxylic acids is 1. The second kappa shape index (κ2) is 29.7. The van der Waals surface area contributed by atoms with Crippen LogP contribution in [0.1, 0.15) is 123 Å². The van der Waals surface area contributed by atoms with Crippen LogP contribution in [0.25, 0.3) is 0 Å². The van der Waals surface area contributed by atoms with Gasteiger partial charge in [-0.25, -0.2) is 4.79 Å². The first-order chi connectivity index (χ1) is 22.1. The van der Waals surface area contributed by atoms with Crippen LogP contribution in [-0.4, -0.2) is 80.6 Å². The van der Waals surface area contributed by atoms with Gasteiger partial charge in [0, 0.05) is 19.3 Å². The van der Waals surface area contributed by atoms with Crippen LogP contribution in [0.4, 0.5) is 0 Å². The van der Waals surface area contributed by atoms with E-state index in [1.54, 1.807) is 0 Å².